The molecule has 2 aromatic rings. The predicted molar refractivity (Wildman–Crippen MR) is 80.3 cm³/mol. The molecule has 0 aliphatic heterocycles. The van der Waals surface area contributed by atoms with Gasteiger partial charge in [-0.15, -0.1) is 0 Å². The summed E-state index contributed by atoms with van der Waals surface area (Å²) >= 11 is 6.09. The van der Waals surface area contributed by atoms with Gasteiger partial charge in [0.25, 0.3) is 5.91 Å². The number of aromatic nitrogens is 2. The molecule has 2 rings (SSSR count). The lowest BCUT2D eigenvalue weighted by Crippen LogP contribution is -2.29. The smallest absolute Gasteiger partial charge is 0.265 e. The Balaban J connectivity index is 1.97. The van der Waals surface area contributed by atoms with E-state index in [0.29, 0.717) is 29.5 Å². The van der Waals surface area contributed by atoms with Crippen LogP contribution in [0, 0.1) is 13.8 Å². The van der Waals surface area contributed by atoms with Gasteiger partial charge in [0.05, 0.1) is 23.0 Å². The minimum atomic E-state index is -0.356. The van der Waals surface area contributed by atoms with Crippen molar-refractivity contribution in [2.45, 2.75) is 20.4 Å². The Morgan fingerprint density at radius 3 is 2.86 bits per heavy atom. The molecule has 6 nitrogen and oxygen atoms in total. The number of carbonyl (C=O) groups excluding carboxylic acids is 1. The third-order valence-corrected chi connectivity index (χ3v) is 3.64. The number of nitrogens with one attached hydrogen (secondary N) is 1. The molecule has 0 fully saturated rings. The molecule has 1 aromatic heterocycles. The maximum atomic E-state index is 11.4. The lowest BCUT2D eigenvalue weighted by atomic mass is 10.2. The fraction of sp³-hybridized carbons (Fsp3) is 0.286. The van der Waals surface area contributed by atoms with Gasteiger partial charge in [-0.2, -0.15) is 5.10 Å². The van der Waals surface area contributed by atoms with E-state index in [1.54, 1.807) is 28.9 Å². The molecule has 1 heterocycles. The molecule has 0 unspecified atom stereocenters. The Labute approximate surface area is 127 Å². The third kappa shape index (κ3) is 3.53. The van der Waals surface area contributed by atoms with E-state index in [1.807, 2.05) is 13.8 Å². The summed E-state index contributed by atoms with van der Waals surface area (Å²) in [5.74, 6) is 5.34. The molecular formula is C14H17ClN4O2. The summed E-state index contributed by atoms with van der Waals surface area (Å²) < 4.78 is 7.42. The van der Waals surface area contributed by atoms with Gasteiger partial charge in [0.1, 0.15) is 12.4 Å². The topological polar surface area (TPSA) is 82.2 Å². The van der Waals surface area contributed by atoms with Crippen LogP contribution in [-0.2, 0) is 6.54 Å². The minimum absolute atomic E-state index is 0.356. The quantitative estimate of drug-likeness (QED) is 0.501. The minimum Gasteiger partial charge on any atom is -0.492 e. The number of nitrogens with zero attached hydrogens (tertiary/aromatic N) is 2. The van der Waals surface area contributed by atoms with Crippen LogP contribution in [0.25, 0.3) is 0 Å². The molecule has 3 N–H and O–H groups in total. The van der Waals surface area contributed by atoms with Gasteiger partial charge in [-0.1, -0.05) is 17.7 Å². The zero-order valence-corrected chi connectivity index (χ0v) is 12.6. The van der Waals surface area contributed by atoms with Crippen LogP contribution in [0.5, 0.6) is 5.75 Å². The fourth-order valence-corrected chi connectivity index (χ4v) is 2.09. The van der Waals surface area contributed by atoms with Crippen LogP contribution >= 0.6 is 11.6 Å². The van der Waals surface area contributed by atoms with Crippen LogP contribution in [0.4, 0.5) is 0 Å². The molecule has 112 valence electrons. The Kier molecular flexibility index (Phi) is 4.82. The standard InChI is InChI=1S/C14H17ClN4O2/c1-9-13(15)10(2)19(18-9)6-7-21-12-5-3-4-11(8-12)14(20)17-16/h3-5,8H,6-7,16H2,1-2H3,(H,17,20). The first-order valence-corrected chi connectivity index (χ1v) is 6.84. The van der Waals surface area contributed by atoms with Crippen LogP contribution in [0.3, 0.4) is 0 Å². The summed E-state index contributed by atoms with van der Waals surface area (Å²) in [6.07, 6.45) is 0. The fourth-order valence-electron chi connectivity index (χ4n) is 1.95. The van der Waals surface area contributed by atoms with Crippen molar-refractivity contribution >= 4 is 17.5 Å². The Bertz CT molecular complexity index is 654. The Morgan fingerprint density at radius 1 is 1.48 bits per heavy atom. The molecule has 0 radical (unpaired) electrons. The van der Waals surface area contributed by atoms with Gasteiger partial charge < -0.3 is 4.74 Å². The number of nitrogens with two attached hydrogens (primary N) is 1. The van der Waals surface area contributed by atoms with Crippen molar-refractivity contribution in [3.8, 4) is 5.75 Å². The number of ether oxygens (including phenoxy) is 1. The zero-order valence-electron chi connectivity index (χ0n) is 11.9. The first-order valence-electron chi connectivity index (χ1n) is 6.46. The molecular weight excluding hydrogens is 292 g/mol. The van der Waals surface area contributed by atoms with Gasteiger partial charge in [-0.05, 0) is 32.0 Å². The molecule has 0 aliphatic carbocycles. The number of aryl methyl sites for hydroxylation is 1. The molecule has 1 amide bonds. The van der Waals surface area contributed by atoms with Crippen LogP contribution in [0.15, 0.2) is 24.3 Å². The first kappa shape index (κ1) is 15.3. The van der Waals surface area contributed by atoms with E-state index < -0.39 is 0 Å². The molecule has 0 saturated heterocycles. The SMILES string of the molecule is Cc1nn(CCOc2cccc(C(=O)NN)c2)c(C)c1Cl. The van der Waals surface area contributed by atoms with E-state index >= 15 is 0 Å². The number of hydrazine groups is 1. The molecule has 0 aliphatic rings. The number of hydrogen-bond donors (Lipinski definition) is 2. The molecule has 0 bridgehead atoms. The Hall–Kier alpha value is -2.05. The summed E-state index contributed by atoms with van der Waals surface area (Å²) in [6, 6.07) is 6.81. The lowest BCUT2D eigenvalue weighted by Gasteiger charge is -2.09. The number of hydrogen-bond acceptors (Lipinski definition) is 4. The van der Waals surface area contributed by atoms with Crippen LogP contribution in [0.1, 0.15) is 21.7 Å². The van der Waals surface area contributed by atoms with Crippen molar-refractivity contribution in [2.24, 2.45) is 5.84 Å². The van der Waals surface area contributed by atoms with Gasteiger partial charge >= 0.3 is 0 Å². The summed E-state index contributed by atoms with van der Waals surface area (Å²) in [5, 5.41) is 5.00. The molecule has 0 saturated carbocycles. The van der Waals surface area contributed by atoms with Crippen molar-refractivity contribution in [2.75, 3.05) is 6.61 Å². The number of rotatable bonds is 5. The van der Waals surface area contributed by atoms with Gasteiger partial charge in [0, 0.05) is 5.56 Å². The van der Waals surface area contributed by atoms with E-state index in [-0.39, 0.29) is 5.91 Å². The van der Waals surface area contributed by atoms with E-state index in [2.05, 4.69) is 10.5 Å². The van der Waals surface area contributed by atoms with Gasteiger partial charge in [0.15, 0.2) is 0 Å². The van der Waals surface area contributed by atoms with E-state index in [9.17, 15) is 4.79 Å². The average molecular weight is 309 g/mol. The highest BCUT2D eigenvalue weighted by molar-refractivity contribution is 6.31. The van der Waals surface area contributed by atoms with Gasteiger partial charge in [-0.3, -0.25) is 14.9 Å². The number of nitrogen functional groups attached to an aromatic ring is 1. The van der Waals surface area contributed by atoms with E-state index in [0.717, 1.165) is 11.4 Å². The van der Waals surface area contributed by atoms with Crippen LogP contribution < -0.4 is 16.0 Å². The third-order valence-electron chi connectivity index (χ3n) is 3.09. The second-order valence-corrected chi connectivity index (χ2v) is 4.94. The van der Waals surface area contributed by atoms with Crippen molar-refractivity contribution in [1.29, 1.82) is 0 Å². The highest BCUT2D eigenvalue weighted by Gasteiger charge is 2.09. The van der Waals surface area contributed by atoms with Crippen LogP contribution in [-0.4, -0.2) is 22.3 Å². The van der Waals surface area contributed by atoms with Crippen molar-refractivity contribution in [3.05, 3.63) is 46.2 Å². The first-order chi connectivity index (χ1) is 10.0. The maximum Gasteiger partial charge on any atom is 0.265 e. The number of benzene rings is 1. The molecule has 0 spiro atoms. The zero-order chi connectivity index (χ0) is 15.4. The molecule has 7 heteroatoms. The normalized spacial score (nSPS) is 10.5. The molecule has 0 atom stereocenters. The second kappa shape index (κ2) is 6.60. The van der Waals surface area contributed by atoms with E-state index in [4.69, 9.17) is 22.2 Å². The predicted octanol–water partition coefficient (Wildman–Crippen LogP) is 1.84. The highest BCUT2D eigenvalue weighted by Crippen LogP contribution is 2.19. The van der Waals surface area contributed by atoms with Crippen molar-refractivity contribution < 1.29 is 9.53 Å². The average Bonchev–Trinajstić information content (AvgIpc) is 2.74. The highest BCUT2D eigenvalue weighted by atomic mass is 35.5. The number of carbonyl (C=O) groups is 1. The summed E-state index contributed by atoms with van der Waals surface area (Å²) in [5.41, 5.74) is 4.24. The monoisotopic (exact) mass is 308 g/mol. The summed E-state index contributed by atoms with van der Waals surface area (Å²) in [6.45, 7) is 4.77. The van der Waals surface area contributed by atoms with Gasteiger partial charge in [0.2, 0.25) is 0 Å². The van der Waals surface area contributed by atoms with Gasteiger partial charge in [-0.25, -0.2) is 5.84 Å². The largest absolute Gasteiger partial charge is 0.492 e. The van der Waals surface area contributed by atoms with E-state index in [1.165, 1.54) is 0 Å². The molecule has 1 aromatic carbocycles. The second-order valence-electron chi connectivity index (χ2n) is 4.56. The maximum absolute atomic E-state index is 11.4. The lowest BCUT2D eigenvalue weighted by molar-refractivity contribution is 0.0953. The summed E-state index contributed by atoms with van der Waals surface area (Å²) in [7, 11) is 0. The Morgan fingerprint density at radius 2 is 2.24 bits per heavy atom. The van der Waals surface area contributed by atoms with Crippen LogP contribution in [0.2, 0.25) is 5.02 Å². The van der Waals surface area contributed by atoms with Crippen molar-refractivity contribution in [3.63, 3.8) is 0 Å². The number of amides is 1. The summed E-state index contributed by atoms with van der Waals surface area (Å²) in [4.78, 5) is 11.4. The molecule has 21 heavy (non-hydrogen) atoms. The van der Waals surface area contributed by atoms with Crippen molar-refractivity contribution in [1.82, 2.24) is 15.2 Å². The number of halogens is 1.